The highest BCUT2D eigenvalue weighted by Crippen LogP contribution is 2.14. The highest BCUT2D eigenvalue weighted by atomic mass is 16.5. The van der Waals surface area contributed by atoms with Gasteiger partial charge in [0, 0.05) is 19.6 Å². The molecule has 116 valence electrons. The van der Waals surface area contributed by atoms with E-state index in [1.807, 2.05) is 42.2 Å². The Hall–Kier alpha value is -1.75. The Morgan fingerprint density at radius 1 is 1.24 bits per heavy atom. The third kappa shape index (κ3) is 5.27. The molecule has 0 unspecified atom stereocenters. The summed E-state index contributed by atoms with van der Waals surface area (Å²) in [7, 11) is 0. The van der Waals surface area contributed by atoms with Crippen LogP contribution in [0.5, 0.6) is 5.75 Å². The van der Waals surface area contributed by atoms with Gasteiger partial charge in [0.2, 0.25) is 0 Å². The highest BCUT2D eigenvalue weighted by Gasteiger charge is 2.22. The van der Waals surface area contributed by atoms with Crippen molar-refractivity contribution in [3.63, 3.8) is 0 Å². The van der Waals surface area contributed by atoms with Crippen LogP contribution in [0.1, 0.15) is 19.8 Å². The van der Waals surface area contributed by atoms with Gasteiger partial charge in [0.1, 0.15) is 12.4 Å². The van der Waals surface area contributed by atoms with Gasteiger partial charge in [0.05, 0.1) is 12.7 Å². The maximum absolute atomic E-state index is 11.7. The molecule has 0 aromatic heterocycles. The molecule has 0 aliphatic carbocycles. The average molecular weight is 292 g/mol. The number of amides is 2. The summed E-state index contributed by atoms with van der Waals surface area (Å²) in [4.78, 5) is 13.5. The number of hydrogen-bond donors (Lipinski definition) is 1. The van der Waals surface area contributed by atoms with Crippen LogP contribution in [0.2, 0.25) is 0 Å². The van der Waals surface area contributed by atoms with E-state index in [1.54, 1.807) is 0 Å². The number of piperidine rings is 1. The number of urea groups is 1. The van der Waals surface area contributed by atoms with E-state index in [2.05, 4.69) is 5.32 Å². The summed E-state index contributed by atoms with van der Waals surface area (Å²) >= 11 is 0. The SMILES string of the molecule is CCNC(=O)N1CCC(OCCOc2ccccc2)CC1. The largest absolute Gasteiger partial charge is 0.491 e. The monoisotopic (exact) mass is 292 g/mol. The molecule has 0 atom stereocenters. The number of carbonyl (C=O) groups excluding carboxylic acids is 1. The second-order valence-corrected chi connectivity index (χ2v) is 5.05. The Morgan fingerprint density at radius 2 is 1.95 bits per heavy atom. The molecule has 0 spiro atoms. The van der Waals surface area contributed by atoms with Gasteiger partial charge in [-0.3, -0.25) is 0 Å². The third-order valence-corrected chi connectivity index (χ3v) is 3.51. The van der Waals surface area contributed by atoms with Crippen LogP contribution < -0.4 is 10.1 Å². The van der Waals surface area contributed by atoms with Gasteiger partial charge in [-0.1, -0.05) is 18.2 Å². The minimum Gasteiger partial charge on any atom is -0.491 e. The van der Waals surface area contributed by atoms with Crippen LogP contribution in [0, 0.1) is 0 Å². The van der Waals surface area contributed by atoms with Crippen LogP contribution in [0.25, 0.3) is 0 Å². The highest BCUT2D eigenvalue weighted by molar-refractivity contribution is 5.74. The number of carbonyl (C=O) groups is 1. The fraction of sp³-hybridized carbons (Fsp3) is 0.562. The molecular formula is C16H24N2O3. The van der Waals surface area contributed by atoms with Crippen LogP contribution in [-0.4, -0.2) is 49.9 Å². The van der Waals surface area contributed by atoms with Gasteiger partial charge in [0.15, 0.2) is 0 Å². The average Bonchev–Trinajstić information content (AvgIpc) is 2.53. The fourth-order valence-corrected chi connectivity index (χ4v) is 2.38. The molecule has 2 amide bonds. The van der Waals surface area contributed by atoms with Crippen molar-refractivity contribution in [2.24, 2.45) is 0 Å². The van der Waals surface area contributed by atoms with Crippen LogP contribution in [-0.2, 0) is 4.74 Å². The number of para-hydroxylation sites is 1. The zero-order valence-electron chi connectivity index (χ0n) is 12.6. The van der Waals surface area contributed by atoms with Crippen LogP contribution in [0.3, 0.4) is 0 Å². The molecule has 0 saturated carbocycles. The maximum Gasteiger partial charge on any atom is 0.317 e. The molecule has 0 radical (unpaired) electrons. The Labute approximate surface area is 126 Å². The van der Waals surface area contributed by atoms with E-state index >= 15 is 0 Å². The van der Waals surface area contributed by atoms with Gasteiger partial charge in [-0.05, 0) is 31.9 Å². The molecule has 1 fully saturated rings. The third-order valence-electron chi connectivity index (χ3n) is 3.51. The Balaban J connectivity index is 1.58. The van der Waals surface area contributed by atoms with E-state index in [-0.39, 0.29) is 12.1 Å². The summed E-state index contributed by atoms with van der Waals surface area (Å²) < 4.78 is 11.4. The Morgan fingerprint density at radius 3 is 2.62 bits per heavy atom. The molecule has 1 saturated heterocycles. The van der Waals surface area contributed by atoms with E-state index in [0.29, 0.717) is 19.8 Å². The fourth-order valence-electron chi connectivity index (χ4n) is 2.38. The maximum atomic E-state index is 11.7. The normalized spacial score (nSPS) is 15.8. The first-order chi connectivity index (χ1) is 10.3. The summed E-state index contributed by atoms with van der Waals surface area (Å²) in [5, 5.41) is 2.83. The Bertz CT molecular complexity index is 417. The summed E-state index contributed by atoms with van der Waals surface area (Å²) in [5.74, 6) is 0.868. The van der Waals surface area contributed by atoms with Crippen molar-refractivity contribution in [3.8, 4) is 5.75 Å². The first kappa shape index (κ1) is 15.6. The predicted molar refractivity (Wildman–Crippen MR) is 81.6 cm³/mol. The number of hydrogen-bond acceptors (Lipinski definition) is 3. The van der Waals surface area contributed by atoms with Crippen molar-refractivity contribution < 1.29 is 14.3 Å². The van der Waals surface area contributed by atoms with Gasteiger partial charge in [-0.25, -0.2) is 4.79 Å². The summed E-state index contributed by atoms with van der Waals surface area (Å²) in [6, 6.07) is 9.77. The lowest BCUT2D eigenvalue weighted by atomic mass is 10.1. The molecule has 2 rings (SSSR count). The predicted octanol–water partition coefficient (Wildman–Crippen LogP) is 2.28. The van der Waals surface area contributed by atoms with Crippen molar-refractivity contribution in [1.29, 1.82) is 0 Å². The van der Waals surface area contributed by atoms with Crippen molar-refractivity contribution >= 4 is 6.03 Å². The quantitative estimate of drug-likeness (QED) is 0.818. The topological polar surface area (TPSA) is 50.8 Å². The number of nitrogens with one attached hydrogen (secondary N) is 1. The molecule has 21 heavy (non-hydrogen) atoms. The number of benzene rings is 1. The van der Waals surface area contributed by atoms with Crippen molar-refractivity contribution in [2.75, 3.05) is 32.8 Å². The molecule has 1 aliphatic heterocycles. The second-order valence-electron chi connectivity index (χ2n) is 5.05. The molecule has 1 aromatic carbocycles. The van der Waals surface area contributed by atoms with E-state index in [4.69, 9.17) is 9.47 Å². The first-order valence-corrected chi connectivity index (χ1v) is 7.62. The zero-order chi connectivity index (χ0) is 14.9. The molecule has 5 heteroatoms. The lowest BCUT2D eigenvalue weighted by molar-refractivity contribution is 0.00192. The van der Waals surface area contributed by atoms with Gasteiger partial charge in [-0.2, -0.15) is 0 Å². The minimum absolute atomic E-state index is 0.0309. The smallest absolute Gasteiger partial charge is 0.317 e. The minimum atomic E-state index is 0.0309. The molecule has 1 heterocycles. The van der Waals surface area contributed by atoms with E-state index in [1.165, 1.54) is 0 Å². The van der Waals surface area contributed by atoms with E-state index < -0.39 is 0 Å². The standard InChI is InChI=1S/C16H24N2O3/c1-2-17-16(19)18-10-8-15(9-11-18)21-13-12-20-14-6-4-3-5-7-14/h3-7,15H,2,8-13H2,1H3,(H,17,19). The molecule has 0 bridgehead atoms. The van der Waals surface area contributed by atoms with Gasteiger partial charge < -0.3 is 19.7 Å². The van der Waals surface area contributed by atoms with Gasteiger partial charge in [-0.15, -0.1) is 0 Å². The summed E-state index contributed by atoms with van der Waals surface area (Å²) in [6.07, 6.45) is 2.01. The number of ether oxygens (including phenoxy) is 2. The van der Waals surface area contributed by atoms with Crippen molar-refractivity contribution in [1.82, 2.24) is 10.2 Å². The van der Waals surface area contributed by atoms with Crippen LogP contribution >= 0.6 is 0 Å². The van der Waals surface area contributed by atoms with Gasteiger partial charge >= 0.3 is 6.03 Å². The van der Waals surface area contributed by atoms with E-state index in [0.717, 1.165) is 31.7 Å². The number of nitrogens with zero attached hydrogens (tertiary/aromatic N) is 1. The molecule has 1 N–H and O–H groups in total. The van der Waals surface area contributed by atoms with Crippen molar-refractivity contribution in [2.45, 2.75) is 25.9 Å². The van der Waals surface area contributed by atoms with Crippen LogP contribution in [0.4, 0.5) is 4.79 Å². The van der Waals surface area contributed by atoms with Crippen molar-refractivity contribution in [3.05, 3.63) is 30.3 Å². The number of rotatable bonds is 6. The molecule has 1 aromatic rings. The number of likely N-dealkylation sites (tertiary alicyclic amines) is 1. The lowest BCUT2D eigenvalue weighted by Crippen LogP contribution is -2.46. The molecule has 1 aliphatic rings. The summed E-state index contributed by atoms with van der Waals surface area (Å²) in [5.41, 5.74) is 0. The van der Waals surface area contributed by atoms with Gasteiger partial charge in [0.25, 0.3) is 0 Å². The lowest BCUT2D eigenvalue weighted by Gasteiger charge is -2.31. The molecular weight excluding hydrogens is 268 g/mol. The van der Waals surface area contributed by atoms with Crippen LogP contribution in [0.15, 0.2) is 30.3 Å². The Kier molecular flexibility index (Phi) is 6.34. The second kappa shape index (κ2) is 8.52. The summed E-state index contributed by atoms with van der Waals surface area (Å²) in [6.45, 7) is 5.26. The first-order valence-electron chi connectivity index (χ1n) is 7.62. The molecule has 5 nitrogen and oxygen atoms in total. The van der Waals surface area contributed by atoms with E-state index in [9.17, 15) is 4.79 Å². The zero-order valence-corrected chi connectivity index (χ0v) is 12.6.